The van der Waals surface area contributed by atoms with Crippen molar-refractivity contribution in [1.29, 1.82) is 0 Å². The number of hydrogen-bond donors (Lipinski definition) is 3. The molecule has 7 nitrogen and oxygen atoms in total. The number of benzene rings is 2. The number of aromatic nitrogens is 1. The van der Waals surface area contributed by atoms with Crippen LogP contribution in [0.2, 0.25) is 0 Å². The smallest absolute Gasteiger partial charge is 0.267 e. The third kappa shape index (κ3) is 5.34. The molecule has 0 unspecified atom stereocenters. The maximum Gasteiger partial charge on any atom is 0.267 e. The van der Waals surface area contributed by atoms with Gasteiger partial charge in [0, 0.05) is 35.8 Å². The molecule has 1 aromatic heterocycles. The quantitative estimate of drug-likeness (QED) is 0.200. The Morgan fingerprint density at radius 2 is 1.81 bits per heavy atom. The normalized spacial score (nSPS) is 12.2. The molecule has 2 aromatic carbocycles. The zero-order valence-corrected chi connectivity index (χ0v) is 18.9. The third-order valence-electron chi connectivity index (χ3n) is 5.29. The van der Waals surface area contributed by atoms with E-state index in [4.69, 9.17) is 5.21 Å². The first-order chi connectivity index (χ1) is 15.4. The summed E-state index contributed by atoms with van der Waals surface area (Å²) in [6.45, 7) is 5.35. The zero-order valence-electron chi connectivity index (χ0n) is 18.1. The zero-order chi connectivity index (χ0) is 23.1. The highest BCUT2D eigenvalue weighted by Gasteiger charge is 2.16. The number of carbonyl (C=O) groups is 1. The van der Waals surface area contributed by atoms with E-state index in [2.05, 4.69) is 35.3 Å². The molecule has 0 saturated heterocycles. The van der Waals surface area contributed by atoms with Crippen LogP contribution < -0.4 is 10.2 Å². The van der Waals surface area contributed by atoms with E-state index < -0.39 is 15.9 Å². The van der Waals surface area contributed by atoms with Gasteiger partial charge in [-0.2, -0.15) is 0 Å². The third-order valence-corrected chi connectivity index (χ3v) is 6.77. The first-order valence-electron chi connectivity index (χ1n) is 10.3. The van der Waals surface area contributed by atoms with Crippen molar-refractivity contribution in [3.63, 3.8) is 0 Å². The van der Waals surface area contributed by atoms with Crippen LogP contribution in [0.1, 0.15) is 23.7 Å². The molecule has 168 valence electrons. The number of rotatable bonds is 9. The van der Waals surface area contributed by atoms with Gasteiger partial charge in [0.1, 0.15) is 0 Å². The van der Waals surface area contributed by atoms with Crippen LogP contribution in [0.5, 0.6) is 0 Å². The second kappa shape index (κ2) is 10.4. The Kier molecular flexibility index (Phi) is 7.63. The summed E-state index contributed by atoms with van der Waals surface area (Å²) in [6, 6.07) is 14.6. The van der Waals surface area contributed by atoms with Crippen molar-refractivity contribution in [3.05, 3.63) is 83.6 Å². The van der Waals surface area contributed by atoms with Crippen LogP contribution in [-0.4, -0.2) is 30.6 Å². The number of fused-ring (bicyclic) bond motifs is 1. The van der Waals surface area contributed by atoms with Crippen LogP contribution in [-0.2, 0) is 27.8 Å². The first-order valence-corrected chi connectivity index (χ1v) is 11.8. The molecule has 1 amide bonds. The fourth-order valence-electron chi connectivity index (χ4n) is 3.72. The second-order valence-corrected chi connectivity index (χ2v) is 9.00. The fourth-order valence-corrected chi connectivity index (χ4v) is 4.76. The molecule has 3 rings (SSSR count). The number of para-hydroxylation sites is 1. The van der Waals surface area contributed by atoms with Gasteiger partial charge in [-0.1, -0.05) is 48.6 Å². The molecule has 0 spiro atoms. The molecule has 1 heterocycles. The minimum atomic E-state index is -3.63. The minimum absolute atomic E-state index is 0.192. The maximum absolute atomic E-state index is 12.7. The van der Waals surface area contributed by atoms with Gasteiger partial charge in [-0.05, 0) is 49.6 Å². The van der Waals surface area contributed by atoms with Crippen molar-refractivity contribution in [2.75, 3.05) is 6.54 Å². The number of carbonyl (C=O) groups excluding carboxylic acids is 1. The van der Waals surface area contributed by atoms with Gasteiger partial charge in [-0.3, -0.25) is 10.0 Å². The van der Waals surface area contributed by atoms with Crippen molar-refractivity contribution in [2.24, 2.45) is 0 Å². The molecule has 0 saturated carbocycles. The van der Waals surface area contributed by atoms with Crippen LogP contribution in [0.25, 0.3) is 17.0 Å². The summed E-state index contributed by atoms with van der Waals surface area (Å²) in [4.78, 5) is 11.1. The van der Waals surface area contributed by atoms with E-state index in [1.54, 1.807) is 36.4 Å². The lowest BCUT2D eigenvalue weighted by Gasteiger charge is -2.08. The molecule has 0 atom stereocenters. The molecule has 0 aliphatic heterocycles. The van der Waals surface area contributed by atoms with Gasteiger partial charge in [0.05, 0.1) is 4.90 Å². The van der Waals surface area contributed by atoms with E-state index in [9.17, 15) is 13.2 Å². The SMILES string of the molecule is CCn1c(C)c(CCNS(=O)(=O)c2ccc(/C=C/C=C/C(=O)NO)cc2)c2ccccc21. The van der Waals surface area contributed by atoms with E-state index >= 15 is 0 Å². The summed E-state index contributed by atoms with van der Waals surface area (Å²) in [5, 5.41) is 9.58. The van der Waals surface area contributed by atoms with Crippen molar-refractivity contribution in [3.8, 4) is 0 Å². The van der Waals surface area contributed by atoms with E-state index in [1.165, 1.54) is 23.1 Å². The van der Waals surface area contributed by atoms with Crippen LogP contribution in [0.4, 0.5) is 0 Å². The van der Waals surface area contributed by atoms with E-state index in [-0.39, 0.29) is 4.90 Å². The van der Waals surface area contributed by atoms with Crippen LogP contribution in [0, 0.1) is 6.92 Å². The maximum atomic E-state index is 12.7. The summed E-state index contributed by atoms with van der Waals surface area (Å²) in [5.74, 6) is -0.628. The molecule has 0 fully saturated rings. The Labute approximate surface area is 188 Å². The second-order valence-electron chi connectivity index (χ2n) is 7.24. The number of allylic oxidation sites excluding steroid dienone is 2. The Morgan fingerprint density at radius 3 is 2.50 bits per heavy atom. The molecule has 0 radical (unpaired) electrons. The Hall–Kier alpha value is -3.20. The van der Waals surface area contributed by atoms with Gasteiger partial charge in [-0.15, -0.1) is 0 Å². The number of nitrogens with one attached hydrogen (secondary N) is 2. The lowest BCUT2D eigenvalue weighted by Crippen LogP contribution is -2.26. The molecule has 8 heteroatoms. The largest absolute Gasteiger partial charge is 0.345 e. The Bertz CT molecular complexity index is 1260. The van der Waals surface area contributed by atoms with Gasteiger partial charge >= 0.3 is 0 Å². The predicted octanol–water partition coefficient (Wildman–Crippen LogP) is 3.57. The summed E-state index contributed by atoms with van der Waals surface area (Å²) in [7, 11) is -3.63. The molecule has 0 bridgehead atoms. The lowest BCUT2D eigenvalue weighted by atomic mass is 10.1. The summed E-state index contributed by atoms with van der Waals surface area (Å²) < 4.78 is 30.3. The number of amides is 1. The first kappa shape index (κ1) is 23.5. The monoisotopic (exact) mass is 453 g/mol. The van der Waals surface area contributed by atoms with Gasteiger partial charge in [0.2, 0.25) is 10.0 Å². The molecule has 3 aromatic rings. The van der Waals surface area contributed by atoms with Gasteiger partial charge < -0.3 is 4.57 Å². The average molecular weight is 454 g/mol. The van der Waals surface area contributed by atoms with Gasteiger partial charge in [-0.25, -0.2) is 18.6 Å². The molecular formula is C24H27N3O4S. The predicted molar refractivity (Wildman–Crippen MR) is 126 cm³/mol. The summed E-state index contributed by atoms with van der Waals surface area (Å²) in [5.41, 5.74) is 5.76. The highest BCUT2D eigenvalue weighted by atomic mass is 32.2. The highest BCUT2D eigenvalue weighted by molar-refractivity contribution is 7.89. The van der Waals surface area contributed by atoms with Crippen molar-refractivity contribution >= 4 is 32.9 Å². The number of hydroxylamine groups is 1. The standard InChI is InChI=1S/C24H27N3O4S/c1-3-27-18(2)21(22-9-5-6-10-23(22)27)16-17-25-32(30,31)20-14-12-19(13-15-20)8-4-7-11-24(28)26-29/h4-15,25,29H,3,16-17H2,1-2H3,(H,26,28)/b8-4+,11-7+. The van der Waals surface area contributed by atoms with Crippen LogP contribution in [0.3, 0.4) is 0 Å². The molecule has 0 aliphatic rings. The van der Waals surface area contributed by atoms with Gasteiger partial charge in [0.15, 0.2) is 0 Å². The molecule has 32 heavy (non-hydrogen) atoms. The summed E-state index contributed by atoms with van der Waals surface area (Å²) in [6.07, 6.45) is 6.57. The van der Waals surface area contributed by atoms with Crippen LogP contribution in [0.15, 0.2) is 71.7 Å². The van der Waals surface area contributed by atoms with Crippen molar-refractivity contribution in [2.45, 2.75) is 31.7 Å². The Morgan fingerprint density at radius 1 is 1.09 bits per heavy atom. The number of sulfonamides is 1. The average Bonchev–Trinajstić information content (AvgIpc) is 3.07. The van der Waals surface area contributed by atoms with Crippen molar-refractivity contribution < 1.29 is 18.4 Å². The van der Waals surface area contributed by atoms with Crippen molar-refractivity contribution in [1.82, 2.24) is 14.8 Å². The van der Waals surface area contributed by atoms with E-state index in [1.807, 2.05) is 12.1 Å². The number of hydrogen-bond acceptors (Lipinski definition) is 4. The number of nitrogens with zero attached hydrogens (tertiary/aromatic N) is 1. The van der Waals surface area contributed by atoms with Gasteiger partial charge in [0.25, 0.3) is 5.91 Å². The van der Waals surface area contributed by atoms with Crippen LogP contribution >= 0.6 is 0 Å². The summed E-state index contributed by atoms with van der Waals surface area (Å²) >= 11 is 0. The Balaban J connectivity index is 1.66. The molecule has 0 aliphatic carbocycles. The molecular weight excluding hydrogens is 426 g/mol. The molecule has 3 N–H and O–H groups in total. The lowest BCUT2D eigenvalue weighted by molar-refractivity contribution is -0.124. The topological polar surface area (TPSA) is 100 Å². The minimum Gasteiger partial charge on any atom is -0.345 e. The van der Waals surface area contributed by atoms with E-state index in [0.717, 1.165) is 28.8 Å². The van der Waals surface area contributed by atoms with E-state index in [0.29, 0.717) is 13.0 Å². The number of aryl methyl sites for hydroxylation is 1. The highest BCUT2D eigenvalue weighted by Crippen LogP contribution is 2.26. The fraction of sp³-hybridized carbons (Fsp3) is 0.208.